The number of benzene rings is 1. The van der Waals surface area contributed by atoms with Crippen molar-refractivity contribution in [3.63, 3.8) is 0 Å². The third-order valence-electron chi connectivity index (χ3n) is 5.50. The number of thiazole rings is 1. The standard InChI is InChI=1S/C25H21F6N5O4S2/c1-4-40-18-9-14(5-7-16(18)24(26,27)28)17-10-19(25(29,30)31)36-22(34-17)15(11-33-36)6-8-20-32-12-21(41-20)42(38,39)35-23(2,3)13-37/h5,7,9-12,35,37H,4,13H2,1-3H3. The quantitative estimate of drug-likeness (QED) is 0.223. The number of nitrogens with zero attached hydrogens (tertiary/aromatic N) is 4. The number of nitrogens with one attached hydrogen (secondary N) is 1. The summed E-state index contributed by atoms with van der Waals surface area (Å²) in [6, 6.07) is 3.28. The van der Waals surface area contributed by atoms with E-state index in [9.17, 15) is 39.9 Å². The molecule has 4 rings (SSSR count). The summed E-state index contributed by atoms with van der Waals surface area (Å²) in [5.74, 6) is 4.58. The Morgan fingerprint density at radius 1 is 1.07 bits per heavy atom. The average molecular weight is 634 g/mol. The van der Waals surface area contributed by atoms with Crippen LogP contribution in [0.25, 0.3) is 16.9 Å². The predicted molar refractivity (Wildman–Crippen MR) is 139 cm³/mol. The number of hydrogen-bond acceptors (Lipinski definition) is 8. The average Bonchev–Trinajstić information content (AvgIpc) is 3.53. The molecule has 0 spiro atoms. The predicted octanol–water partition coefficient (Wildman–Crippen LogP) is 4.74. The number of aromatic nitrogens is 4. The summed E-state index contributed by atoms with van der Waals surface area (Å²) >= 11 is 0.685. The molecule has 0 aliphatic rings. The van der Waals surface area contributed by atoms with Gasteiger partial charge in [-0.15, -0.1) is 0 Å². The molecule has 0 saturated heterocycles. The second kappa shape index (κ2) is 11.2. The Balaban J connectivity index is 1.79. The fourth-order valence-corrected chi connectivity index (χ4v) is 5.99. The van der Waals surface area contributed by atoms with E-state index in [1.807, 2.05) is 0 Å². The molecule has 224 valence electrons. The molecule has 17 heteroatoms. The maximum absolute atomic E-state index is 14.0. The van der Waals surface area contributed by atoms with Crippen LogP contribution in [0.5, 0.6) is 5.75 Å². The molecule has 9 nitrogen and oxygen atoms in total. The highest BCUT2D eigenvalue weighted by Crippen LogP contribution is 2.39. The molecule has 2 N–H and O–H groups in total. The highest BCUT2D eigenvalue weighted by atomic mass is 32.2. The van der Waals surface area contributed by atoms with E-state index in [1.165, 1.54) is 20.8 Å². The summed E-state index contributed by atoms with van der Waals surface area (Å²) in [5.41, 5.74) is -4.32. The van der Waals surface area contributed by atoms with Crippen molar-refractivity contribution in [2.45, 2.75) is 42.9 Å². The lowest BCUT2D eigenvalue weighted by Crippen LogP contribution is -2.45. The van der Waals surface area contributed by atoms with Crippen LogP contribution in [0.4, 0.5) is 26.3 Å². The highest BCUT2D eigenvalue weighted by Gasteiger charge is 2.37. The van der Waals surface area contributed by atoms with E-state index in [0.717, 1.165) is 24.5 Å². The number of ether oxygens (including phenoxy) is 1. The molecular weight excluding hydrogens is 612 g/mol. The fourth-order valence-electron chi connectivity index (χ4n) is 3.60. The first-order valence-electron chi connectivity index (χ1n) is 11.9. The number of fused-ring (bicyclic) bond motifs is 1. The van der Waals surface area contributed by atoms with Gasteiger partial charge in [0, 0.05) is 5.56 Å². The maximum Gasteiger partial charge on any atom is 0.433 e. The molecule has 0 fully saturated rings. The zero-order chi connectivity index (χ0) is 31.1. The molecule has 4 aromatic rings. The number of sulfonamides is 1. The molecule has 0 bridgehead atoms. The minimum Gasteiger partial charge on any atom is -0.493 e. The Morgan fingerprint density at radius 2 is 1.79 bits per heavy atom. The van der Waals surface area contributed by atoms with Gasteiger partial charge < -0.3 is 9.84 Å². The number of aliphatic hydroxyl groups excluding tert-OH is 1. The minimum absolute atomic E-state index is 0.00725. The van der Waals surface area contributed by atoms with Crippen molar-refractivity contribution in [3.8, 4) is 28.8 Å². The Hall–Kier alpha value is -3.72. The third kappa shape index (κ3) is 6.67. The summed E-state index contributed by atoms with van der Waals surface area (Å²) < 4.78 is 115. The lowest BCUT2D eigenvalue weighted by Gasteiger charge is -2.22. The van der Waals surface area contributed by atoms with Crippen molar-refractivity contribution < 1.29 is 44.6 Å². The van der Waals surface area contributed by atoms with Gasteiger partial charge >= 0.3 is 12.4 Å². The van der Waals surface area contributed by atoms with Crippen LogP contribution < -0.4 is 9.46 Å². The smallest absolute Gasteiger partial charge is 0.433 e. The third-order valence-corrected chi connectivity index (χ3v) is 8.58. The first-order valence-corrected chi connectivity index (χ1v) is 14.2. The molecule has 1 aromatic carbocycles. The second-order valence-corrected chi connectivity index (χ2v) is 12.3. The van der Waals surface area contributed by atoms with Gasteiger partial charge in [-0.05, 0) is 44.9 Å². The van der Waals surface area contributed by atoms with E-state index >= 15 is 0 Å². The Morgan fingerprint density at radius 3 is 2.40 bits per heavy atom. The molecule has 42 heavy (non-hydrogen) atoms. The van der Waals surface area contributed by atoms with Crippen LogP contribution in [0.2, 0.25) is 0 Å². The van der Waals surface area contributed by atoms with E-state index in [2.05, 4.69) is 31.6 Å². The lowest BCUT2D eigenvalue weighted by molar-refractivity contribution is -0.142. The van der Waals surface area contributed by atoms with Gasteiger partial charge in [-0.3, -0.25) is 0 Å². The van der Waals surface area contributed by atoms with Crippen molar-refractivity contribution in [2.75, 3.05) is 13.2 Å². The number of rotatable bonds is 7. The zero-order valence-electron chi connectivity index (χ0n) is 21.9. The number of hydrogen-bond donors (Lipinski definition) is 2. The minimum atomic E-state index is -4.92. The Bertz CT molecular complexity index is 1800. The Labute approximate surface area is 239 Å². The van der Waals surface area contributed by atoms with Crippen LogP contribution in [0.3, 0.4) is 0 Å². The number of halogens is 6. The first-order chi connectivity index (χ1) is 19.4. The summed E-state index contributed by atoms with van der Waals surface area (Å²) in [7, 11) is -4.05. The van der Waals surface area contributed by atoms with E-state index < -0.39 is 51.5 Å². The van der Waals surface area contributed by atoms with Crippen LogP contribution in [-0.2, 0) is 22.4 Å². The van der Waals surface area contributed by atoms with E-state index in [4.69, 9.17) is 4.74 Å². The first kappa shape index (κ1) is 31.2. The van der Waals surface area contributed by atoms with Crippen LogP contribution in [0.1, 0.15) is 42.6 Å². The highest BCUT2D eigenvalue weighted by molar-refractivity contribution is 7.91. The fraction of sp³-hybridized carbons (Fsp3) is 0.320. The molecule has 0 amide bonds. The van der Waals surface area contributed by atoms with Crippen LogP contribution in [0.15, 0.2) is 40.9 Å². The zero-order valence-corrected chi connectivity index (χ0v) is 23.6. The van der Waals surface area contributed by atoms with Crippen molar-refractivity contribution in [1.29, 1.82) is 0 Å². The van der Waals surface area contributed by atoms with Crippen molar-refractivity contribution in [2.24, 2.45) is 0 Å². The number of aliphatic hydroxyl groups is 1. The van der Waals surface area contributed by atoms with Crippen LogP contribution in [0, 0.1) is 11.8 Å². The van der Waals surface area contributed by atoms with Gasteiger partial charge in [0.25, 0.3) is 10.0 Å². The van der Waals surface area contributed by atoms with E-state index in [0.29, 0.717) is 28.0 Å². The van der Waals surface area contributed by atoms with Gasteiger partial charge in [0.2, 0.25) is 0 Å². The molecule has 0 unspecified atom stereocenters. The Kier molecular flexibility index (Phi) is 8.30. The van der Waals surface area contributed by atoms with Crippen molar-refractivity contribution >= 4 is 27.0 Å². The molecule has 0 atom stereocenters. The SMILES string of the molecule is CCOc1cc(-c2cc(C(F)(F)F)n3ncc(C#Cc4ncc(S(=O)(=O)NC(C)(C)CO)s4)c3n2)ccc1C(F)(F)F. The normalized spacial score (nSPS) is 12.8. The van der Waals surface area contributed by atoms with Gasteiger partial charge in [-0.1, -0.05) is 23.3 Å². The number of alkyl halides is 6. The van der Waals surface area contributed by atoms with Gasteiger partial charge in [0.1, 0.15) is 5.75 Å². The molecule has 0 aliphatic heterocycles. The summed E-state index contributed by atoms with van der Waals surface area (Å²) in [6.07, 6.45) is -7.62. The van der Waals surface area contributed by atoms with Gasteiger partial charge in [0.05, 0.1) is 48.0 Å². The second-order valence-electron chi connectivity index (χ2n) is 9.34. The molecule has 0 radical (unpaired) electrons. The van der Waals surface area contributed by atoms with Gasteiger partial charge in [-0.2, -0.15) is 31.4 Å². The molecule has 0 saturated carbocycles. The van der Waals surface area contributed by atoms with Crippen LogP contribution >= 0.6 is 11.3 Å². The topological polar surface area (TPSA) is 119 Å². The molecule has 3 heterocycles. The summed E-state index contributed by atoms with van der Waals surface area (Å²) in [5, 5.41) is 13.1. The lowest BCUT2D eigenvalue weighted by atomic mass is 10.1. The maximum atomic E-state index is 14.0. The molecule has 0 aliphatic carbocycles. The monoisotopic (exact) mass is 633 g/mol. The van der Waals surface area contributed by atoms with Crippen LogP contribution in [-0.4, -0.2) is 51.9 Å². The largest absolute Gasteiger partial charge is 0.493 e. The summed E-state index contributed by atoms with van der Waals surface area (Å²) in [6.45, 7) is 3.81. The molecule has 3 aromatic heterocycles. The van der Waals surface area contributed by atoms with E-state index in [1.54, 1.807) is 0 Å². The molecular formula is C25H21F6N5O4S2. The van der Waals surface area contributed by atoms with E-state index in [-0.39, 0.29) is 38.3 Å². The van der Waals surface area contributed by atoms with Gasteiger partial charge in [-0.25, -0.2) is 27.6 Å². The van der Waals surface area contributed by atoms with Gasteiger partial charge in [0.15, 0.2) is 20.6 Å². The summed E-state index contributed by atoms with van der Waals surface area (Å²) in [4.78, 5) is 8.12. The van der Waals surface area contributed by atoms with Crippen molar-refractivity contribution in [3.05, 3.63) is 58.5 Å². The van der Waals surface area contributed by atoms with Crippen molar-refractivity contribution in [1.82, 2.24) is 24.3 Å².